The molecule has 1 N–H and O–H groups in total. The van der Waals surface area contributed by atoms with Gasteiger partial charge in [-0.1, -0.05) is 56.7 Å². The van der Waals surface area contributed by atoms with Gasteiger partial charge in [0.25, 0.3) is 0 Å². The molecule has 1 aromatic heterocycles. The zero-order valence-electron chi connectivity index (χ0n) is 18.1. The standard InChI is InChI=1S/C21H30N2O4S3/c1-6-29(24,25)20-23-19(30(26,27)17-9-7-14(2)8-10-17)18(28-20)22-16-11-15(3)12-21(4,5)13-16/h7-10,15-16,22H,6,11-13H2,1-5H3/t15-,16-/m1/s1. The minimum atomic E-state index is -3.95. The van der Waals surface area contributed by atoms with E-state index >= 15 is 0 Å². The van der Waals surface area contributed by atoms with Crippen molar-refractivity contribution in [3.05, 3.63) is 29.8 Å². The van der Waals surface area contributed by atoms with Gasteiger partial charge in [-0.2, -0.15) is 0 Å². The lowest BCUT2D eigenvalue weighted by Crippen LogP contribution is -2.35. The Hall–Kier alpha value is -1.45. The highest BCUT2D eigenvalue weighted by Crippen LogP contribution is 2.42. The lowest BCUT2D eigenvalue weighted by atomic mass is 9.71. The van der Waals surface area contributed by atoms with Gasteiger partial charge in [0.1, 0.15) is 5.00 Å². The molecule has 3 rings (SSSR count). The molecule has 1 heterocycles. The van der Waals surface area contributed by atoms with Crippen LogP contribution in [0.3, 0.4) is 0 Å². The first-order chi connectivity index (χ1) is 13.8. The Kier molecular flexibility index (Phi) is 6.38. The van der Waals surface area contributed by atoms with E-state index in [1.165, 1.54) is 19.1 Å². The van der Waals surface area contributed by atoms with Crippen molar-refractivity contribution in [2.75, 3.05) is 11.1 Å². The minimum Gasteiger partial charge on any atom is -0.372 e. The summed E-state index contributed by atoms with van der Waals surface area (Å²) in [6.07, 6.45) is 2.90. The number of nitrogens with zero attached hydrogens (tertiary/aromatic N) is 1. The normalized spacial score (nSPS) is 22.0. The Morgan fingerprint density at radius 3 is 2.33 bits per heavy atom. The van der Waals surface area contributed by atoms with Crippen molar-refractivity contribution >= 4 is 36.0 Å². The molecule has 166 valence electrons. The molecule has 0 amide bonds. The molecular weight excluding hydrogens is 440 g/mol. The first-order valence-corrected chi connectivity index (χ1v) is 14.1. The average Bonchev–Trinajstić information content (AvgIpc) is 3.05. The largest absolute Gasteiger partial charge is 0.372 e. The molecule has 0 radical (unpaired) electrons. The molecule has 2 aromatic rings. The fourth-order valence-corrected chi connectivity index (χ4v) is 8.35. The molecule has 0 unspecified atom stereocenters. The number of sulfone groups is 2. The number of anilines is 1. The van der Waals surface area contributed by atoms with Crippen LogP contribution in [0.5, 0.6) is 0 Å². The average molecular weight is 471 g/mol. The summed E-state index contributed by atoms with van der Waals surface area (Å²) in [5.74, 6) is 0.368. The second-order valence-corrected chi connectivity index (χ2v) is 14.4. The van der Waals surface area contributed by atoms with E-state index in [-0.39, 0.29) is 31.5 Å². The van der Waals surface area contributed by atoms with Crippen LogP contribution in [0.1, 0.15) is 52.5 Å². The van der Waals surface area contributed by atoms with Crippen molar-refractivity contribution < 1.29 is 16.8 Å². The molecule has 0 bridgehead atoms. The van der Waals surface area contributed by atoms with Crippen molar-refractivity contribution in [2.24, 2.45) is 11.3 Å². The van der Waals surface area contributed by atoms with Crippen molar-refractivity contribution in [1.29, 1.82) is 0 Å². The number of aryl methyl sites for hydroxylation is 1. The third kappa shape index (κ3) is 4.89. The van der Waals surface area contributed by atoms with Gasteiger partial charge < -0.3 is 5.32 Å². The summed E-state index contributed by atoms with van der Waals surface area (Å²) < 4.78 is 51.4. The van der Waals surface area contributed by atoms with E-state index < -0.39 is 19.7 Å². The number of nitrogens with one attached hydrogen (secondary N) is 1. The number of thiazole rings is 1. The van der Waals surface area contributed by atoms with Gasteiger partial charge >= 0.3 is 0 Å². The van der Waals surface area contributed by atoms with Gasteiger partial charge in [-0.3, -0.25) is 0 Å². The molecule has 1 saturated carbocycles. The summed E-state index contributed by atoms with van der Waals surface area (Å²) in [6.45, 7) is 10.0. The van der Waals surface area contributed by atoms with Crippen LogP contribution < -0.4 is 5.32 Å². The van der Waals surface area contributed by atoms with E-state index in [0.717, 1.165) is 36.2 Å². The second kappa shape index (κ2) is 8.24. The smallest absolute Gasteiger partial charge is 0.226 e. The lowest BCUT2D eigenvalue weighted by molar-refractivity contribution is 0.178. The minimum absolute atomic E-state index is 0.0633. The van der Waals surface area contributed by atoms with Crippen LogP contribution in [0, 0.1) is 18.3 Å². The van der Waals surface area contributed by atoms with Gasteiger partial charge in [0.05, 0.1) is 10.6 Å². The van der Waals surface area contributed by atoms with E-state index in [2.05, 4.69) is 31.1 Å². The van der Waals surface area contributed by atoms with Crippen molar-refractivity contribution in [3.63, 3.8) is 0 Å². The molecular formula is C21H30N2O4S3. The Morgan fingerprint density at radius 2 is 1.77 bits per heavy atom. The molecule has 0 spiro atoms. The Balaban J connectivity index is 2.07. The third-order valence-electron chi connectivity index (χ3n) is 5.53. The highest BCUT2D eigenvalue weighted by atomic mass is 32.2. The summed E-state index contributed by atoms with van der Waals surface area (Å²) in [5.41, 5.74) is 1.08. The van der Waals surface area contributed by atoms with Crippen LogP contribution >= 0.6 is 11.3 Å². The van der Waals surface area contributed by atoms with Gasteiger partial charge in [0.2, 0.25) is 24.0 Å². The highest BCUT2D eigenvalue weighted by Gasteiger charge is 2.35. The fourth-order valence-electron chi connectivity index (χ4n) is 4.29. The van der Waals surface area contributed by atoms with Crippen molar-refractivity contribution in [3.8, 4) is 0 Å². The predicted molar refractivity (Wildman–Crippen MR) is 121 cm³/mol. The number of benzene rings is 1. The van der Waals surface area contributed by atoms with Gasteiger partial charge in [-0.05, 0) is 49.7 Å². The molecule has 9 heteroatoms. The molecule has 1 aliphatic carbocycles. The van der Waals surface area contributed by atoms with Gasteiger partial charge in [0.15, 0.2) is 5.03 Å². The van der Waals surface area contributed by atoms with Crippen LogP contribution in [-0.2, 0) is 19.7 Å². The van der Waals surface area contributed by atoms with E-state index in [0.29, 0.717) is 10.9 Å². The fraction of sp³-hybridized carbons (Fsp3) is 0.571. The molecule has 1 aromatic carbocycles. The summed E-state index contributed by atoms with van der Waals surface area (Å²) in [6, 6.07) is 6.58. The highest BCUT2D eigenvalue weighted by molar-refractivity contribution is 7.94. The molecule has 1 aliphatic rings. The van der Waals surface area contributed by atoms with Gasteiger partial charge in [-0.25, -0.2) is 21.8 Å². The molecule has 1 fully saturated rings. The summed E-state index contributed by atoms with van der Waals surface area (Å²) in [7, 11) is -7.58. The molecule has 0 saturated heterocycles. The van der Waals surface area contributed by atoms with Crippen LogP contribution in [0.25, 0.3) is 0 Å². The van der Waals surface area contributed by atoms with Crippen LogP contribution in [0.15, 0.2) is 38.5 Å². The topological polar surface area (TPSA) is 93.2 Å². The molecule has 6 nitrogen and oxygen atoms in total. The Bertz CT molecular complexity index is 1120. The van der Waals surface area contributed by atoms with Gasteiger partial charge in [0, 0.05) is 6.04 Å². The zero-order chi connectivity index (χ0) is 22.3. The first kappa shape index (κ1) is 23.2. The number of aromatic nitrogens is 1. The first-order valence-electron chi connectivity index (χ1n) is 10.2. The van der Waals surface area contributed by atoms with E-state index in [4.69, 9.17) is 0 Å². The predicted octanol–water partition coefficient (Wildman–Crippen LogP) is 4.70. The number of rotatable bonds is 6. The van der Waals surface area contributed by atoms with Crippen LogP contribution in [-0.4, -0.2) is 33.6 Å². The maximum absolute atomic E-state index is 13.3. The zero-order valence-corrected chi connectivity index (χ0v) is 20.5. The maximum atomic E-state index is 13.3. The number of hydrogen-bond acceptors (Lipinski definition) is 7. The molecule has 0 aliphatic heterocycles. The Labute approximate surface area is 184 Å². The van der Waals surface area contributed by atoms with Gasteiger partial charge in [-0.15, -0.1) is 0 Å². The second-order valence-electron chi connectivity index (χ2n) is 9.09. The molecule has 2 atom stereocenters. The van der Waals surface area contributed by atoms with Crippen LogP contribution in [0.4, 0.5) is 5.00 Å². The quantitative estimate of drug-likeness (QED) is 0.657. The van der Waals surface area contributed by atoms with E-state index in [1.54, 1.807) is 12.1 Å². The maximum Gasteiger partial charge on any atom is 0.226 e. The lowest BCUT2D eigenvalue weighted by Gasteiger charge is -2.39. The van der Waals surface area contributed by atoms with Crippen molar-refractivity contribution in [1.82, 2.24) is 4.98 Å². The SMILES string of the molecule is CCS(=O)(=O)c1nc(S(=O)(=O)c2ccc(C)cc2)c(N[C@@H]2C[C@@H](C)CC(C)(C)C2)s1. The van der Waals surface area contributed by atoms with Crippen LogP contribution in [0.2, 0.25) is 0 Å². The summed E-state index contributed by atoms with van der Waals surface area (Å²) in [4.78, 5) is 4.23. The third-order valence-corrected chi connectivity index (χ3v) is 10.5. The monoisotopic (exact) mass is 470 g/mol. The Morgan fingerprint density at radius 1 is 1.13 bits per heavy atom. The molecule has 30 heavy (non-hydrogen) atoms. The summed E-state index contributed by atoms with van der Waals surface area (Å²) in [5, 5.41) is 3.47. The number of hydrogen-bond donors (Lipinski definition) is 1. The van der Waals surface area contributed by atoms with E-state index in [1.807, 2.05) is 6.92 Å². The van der Waals surface area contributed by atoms with E-state index in [9.17, 15) is 16.8 Å². The summed E-state index contributed by atoms with van der Waals surface area (Å²) >= 11 is 0.921. The van der Waals surface area contributed by atoms with Crippen molar-refractivity contribution in [2.45, 2.75) is 74.2 Å².